The van der Waals surface area contributed by atoms with Crippen LogP contribution in [0.2, 0.25) is 10.0 Å². The van der Waals surface area contributed by atoms with Crippen LogP contribution in [0.3, 0.4) is 0 Å². The van der Waals surface area contributed by atoms with Crippen LogP contribution in [-0.2, 0) is 16.4 Å². The van der Waals surface area contributed by atoms with Crippen LogP contribution in [0.5, 0.6) is 0 Å². The third-order valence-electron chi connectivity index (χ3n) is 3.62. The average molecular weight is 421 g/mol. The molecule has 3 rings (SSSR count). The van der Waals surface area contributed by atoms with Crippen LogP contribution >= 0.6 is 39.1 Å². The Kier molecular flexibility index (Phi) is 4.18. The molecule has 7 heteroatoms. The summed E-state index contributed by atoms with van der Waals surface area (Å²) in [7, 11) is -3.77. The van der Waals surface area contributed by atoms with Crippen LogP contribution < -0.4 is 4.31 Å². The summed E-state index contributed by atoms with van der Waals surface area (Å²) >= 11 is 15.4. The van der Waals surface area contributed by atoms with E-state index in [1.165, 1.54) is 16.4 Å². The standard InChI is InChI=1S/C15H12BrCl2NO2S/c1-9-6-10-7-11(16)2-5-14(10)19(9)22(20,21)15-8-12(17)3-4-13(15)18/h2-5,7-9H,6H2,1H3. The lowest BCUT2D eigenvalue weighted by Gasteiger charge is -2.25. The van der Waals surface area contributed by atoms with E-state index >= 15 is 0 Å². The molecule has 0 amide bonds. The Hall–Kier alpha value is -0.750. The molecule has 0 radical (unpaired) electrons. The number of fused-ring (bicyclic) bond motifs is 1. The first-order valence-corrected chi connectivity index (χ1v) is 9.57. The third-order valence-corrected chi connectivity index (χ3v) is 6.76. The highest BCUT2D eigenvalue weighted by Gasteiger charge is 2.37. The van der Waals surface area contributed by atoms with Crippen molar-refractivity contribution in [3.63, 3.8) is 0 Å². The first kappa shape index (κ1) is 16.1. The molecule has 0 saturated carbocycles. The number of nitrogens with zero attached hydrogens (tertiary/aromatic N) is 1. The van der Waals surface area contributed by atoms with Crippen molar-refractivity contribution in [1.29, 1.82) is 0 Å². The Labute approximate surface area is 148 Å². The van der Waals surface area contributed by atoms with E-state index in [0.29, 0.717) is 17.1 Å². The first-order valence-electron chi connectivity index (χ1n) is 6.58. The van der Waals surface area contributed by atoms with E-state index in [1.807, 2.05) is 19.1 Å². The van der Waals surface area contributed by atoms with Crippen LogP contribution in [-0.4, -0.2) is 14.5 Å². The Morgan fingerprint density at radius 2 is 1.91 bits per heavy atom. The molecule has 0 aliphatic carbocycles. The zero-order chi connectivity index (χ0) is 16.1. The molecule has 116 valence electrons. The lowest BCUT2D eigenvalue weighted by molar-refractivity contribution is 0.584. The predicted molar refractivity (Wildman–Crippen MR) is 93.4 cm³/mol. The summed E-state index contributed by atoms with van der Waals surface area (Å²) in [6, 6.07) is 9.87. The molecule has 1 heterocycles. The van der Waals surface area contributed by atoms with Gasteiger partial charge in [-0.1, -0.05) is 39.1 Å². The van der Waals surface area contributed by atoms with Gasteiger partial charge in [0.15, 0.2) is 0 Å². The minimum atomic E-state index is -3.77. The summed E-state index contributed by atoms with van der Waals surface area (Å²) in [5, 5.41) is 0.507. The Balaban J connectivity index is 2.16. The zero-order valence-electron chi connectivity index (χ0n) is 11.6. The number of hydrogen-bond donors (Lipinski definition) is 0. The van der Waals surface area contributed by atoms with Crippen molar-refractivity contribution in [3.05, 3.63) is 56.5 Å². The van der Waals surface area contributed by atoms with Crippen molar-refractivity contribution in [2.45, 2.75) is 24.3 Å². The molecule has 1 unspecified atom stereocenters. The third kappa shape index (κ3) is 2.64. The van der Waals surface area contributed by atoms with Gasteiger partial charge in [0.2, 0.25) is 0 Å². The Bertz CT molecular complexity index is 855. The highest BCUT2D eigenvalue weighted by Crippen LogP contribution is 2.39. The van der Waals surface area contributed by atoms with Gasteiger partial charge in [0.05, 0.1) is 10.7 Å². The summed E-state index contributed by atoms with van der Waals surface area (Å²) in [6.45, 7) is 1.88. The summed E-state index contributed by atoms with van der Waals surface area (Å²) in [4.78, 5) is 0.0317. The summed E-state index contributed by atoms with van der Waals surface area (Å²) in [5.41, 5.74) is 1.68. The lowest BCUT2D eigenvalue weighted by atomic mass is 10.1. The molecule has 3 nitrogen and oxygen atoms in total. The fraction of sp³-hybridized carbons (Fsp3) is 0.200. The minimum absolute atomic E-state index is 0.0317. The number of anilines is 1. The molecule has 1 aliphatic heterocycles. The monoisotopic (exact) mass is 419 g/mol. The molecule has 2 aromatic carbocycles. The van der Waals surface area contributed by atoms with E-state index in [-0.39, 0.29) is 16.0 Å². The highest BCUT2D eigenvalue weighted by molar-refractivity contribution is 9.10. The second-order valence-electron chi connectivity index (χ2n) is 5.20. The van der Waals surface area contributed by atoms with Crippen molar-refractivity contribution in [2.75, 3.05) is 4.31 Å². The molecule has 0 saturated heterocycles. The second-order valence-corrected chi connectivity index (χ2v) is 8.74. The van der Waals surface area contributed by atoms with E-state index < -0.39 is 10.0 Å². The smallest absolute Gasteiger partial charge is 0.263 e. The number of sulfonamides is 1. The van der Waals surface area contributed by atoms with Gasteiger partial charge in [-0.05, 0) is 55.3 Å². The molecular formula is C15H12BrCl2NO2S. The number of benzene rings is 2. The van der Waals surface area contributed by atoms with Gasteiger partial charge < -0.3 is 0 Å². The van der Waals surface area contributed by atoms with Crippen molar-refractivity contribution < 1.29 is 8.42 Å². The van der Waals surface area contributed by atoms with Crippen molar-refractivity contribution >= 4 is 54.8 Å². The highest BCUT2D eigenvalue weighted by atomic mass is 79.9. The van der Waals surface area contributed by atoms with Gasteiger partial charge in [-0.3, -0.25) is 4.31 Å². The maximum absolute atomic E-state index is 13.0. The van der Waals surface area contributed by atoms with Crippen LogP contribution in [0.4, 0.5) is 5.69 Å². The maximum Gasteiger partial charge on any atom is 0.266 e. The van der Waals surface area contributed by atoms with Gasteiger partial charge in [-0.25, -0.2) is 8.42 Å². The van der Waals surface area contributed by atoms with E-state index in [2.05, 4.69) is 15.9 Å². The molecule has 0 aromatic heterocycles. The number of rotatable bonds is 2. The van der Waals surface area contributed by atoms with Gasteiger partial charge in [0, 0.05) is 15.5 Å². The Morgan fingerprint density at radius 3 is 2.64 bits per heavy atom. The van der Waals surface area contributed by atoms with Gasteiger partial charge in [-0.2, -0.15) is 0 Å². The predicted octanol–water partition coefficient (Wildman–Crippen LogP) is 4.90. The Morgan fingerprint density at radius 1 is 1.18 bits per heavy atom. The fourth-order valence-electron chi connectivity index (χ4n) is 2.72. The molecule has 1 atom stereocenters. The molecule has 1 aliphatic rings. The molecule has 0 fully saturated rings. The van der Waals surface area contributed by atoms with Crippen LogP contribution in [0, 0.1) is 0 Å². The summed E-state index contributed by atoms with van der Waals surface area (Å²) in [6.07, 6.45) is 0.659. The average Bonchev–Trinajstić information content (AvgIpc) is 2.76. The molecule has 22 heavy (non-hydrogen) atoms. The molecular weight excluding hydrogens is 409 g/mol. The van der Waals surface area contributed by atoms with E-state index in [9.17, 15) is 8.42 Å². The van der Waals surface area contributed by atoms with E-state index in [0.717, 1.165) is 10.0 Å². The maximum atomic E-state index is 13.0. The van der Waals surface area contributed by atoms with Crippen molar-refractivity contribution in [2.24, 2.45) is 0 Å². The molecule has 0 spiro atoms. The second kappa shape index (κ2) is 5.71. The normalized spacial score (nSPS) is 17.6. The van der Waals surface area contributed by atoms with Crippen molar-refractivity contribution in [3.8, 4) is 0 Å². The van der Waals surface area contributed by atoms with E-state index in [1.54, 1.807) is 12.1 Å². The first-order chi connectivity index (χ1) is 10.3. The van der Waals surface area contributed by atoms with Gasteiger partial charge in [-0.15, -0.1) is 0 Å². The summed E-state index contributed by atoms with van der Waals surface area (Å²) in [5.74, 6) is 0. The zero-order valence-corrected chi connectivity index (χ0v) is 15.5. The van der Waals surface area contributed by atoms with Gasteiger partial charge in [0.1, 0.15) is 4.90 Å². The lowest BCUT2D eigenvalue weighted by Crippen LogP contribution is -2.35. The fourth-order valence-corrected chi connectivity index (χ4v) is 5.56. The minimum Gasteiger partial charge on any atom is -0.263 e. The molecule has 0 bridgehead atoms. The topological polar surface area (TPSA) is 37.4 Å². The van der Waals surface area contributed by atoms with Gasteiger partial charge >= 0.3 is 0 Å². The van der Waals surface area contributed by atoms with Gasteiger partial charge in [0.25, 0.3) is 10.0 Å². The molecule has 2 aromatic rings. The van der Waals surface area contributed by atoms with E-state index in [4.69, 9.17) is 23.2 Å². The molecule has 0 N–H and O–H groups in total. The number of halogens is 3. The largest absolute Gasteiger partial charge is 0.266 e. The van der Waals surface area contributed by atoms with Crippen molar-refractivity contribution in [1.82, 2.24) is 0 Å². The number of hydrogen-bond acceptors (Lipinski definition) is 2. The van der Waals surface area contributed by atoms with Crippen LogP contribution in [0.15, 0.2) is 45.8 Å². The van der Waals surface area contributed by atoms with Crippen LogP contribution in [0.25, 0.3) is 0 Å². The summed E-state index contributed by atoms with van der Waals surface area (Å²) < 4.78 is 28.4. The quantitative estimate of drug-likeness (QED) is 0.693. The SMILES string of the molecule is CC1Cc2cc(Br)ccc2N1S(=O)(=O)c1cc(Cl)ccc1Cl. The van der Waals surface area contributed by atoms with Crippen LogP contribution in [0.1, 0.15) is 12.5 Å².